The van der Waals surface area contributed by atoms with Gasteiger partial charge in [0.1, 0.15) is 5.75 Å². The molecule has 0 aliphatic heterocycles. The van der Waals surface area contributed by atoms with Crippen LogP contribution in [0.2, 0.25) is 0 Å². The molecule has 0 aromatic heterocycles. The number of amides is 2. The zero-order valence-electron chi connectivity index (χ0n) is 14.4. The molecule has 1 aromatic carbocycles. The molecular weight excluding hydrogens is 292 g/mol. The largest absolute Gasteiger partial charge is 0.492 e. The Morgan fingerprint density at radius 3 is 2.48 bits per heavy atom. The molecule has 0 unspecified atom stereocenters. The first-order valence-electron chi connectivity index (χ1n) is 8.17. The fourth-order valence-electron chi connectivity index (χ4n) is 2.95. The van der Waals surface area contributed by atoms with Gasteiger partial charge in [-0.1, -0.05) is 19.8 Å². The molecule has 0 bridgehead atoms. The van der Waals surface area contributed by atoms with E-state index in [4.69, 9.17) is 4.74 Å². The van der Waals surface area contributed by atoms with Crippen LogP contribution in [0.15, 0.2) is 18.2 Å². The van der Waals surface area contributed by atoms with Crippen molar-refractivity contribution in [1.82, 2.24) is 4.90 Å². The standard InChI is InChI=1S/C18H26N2O3/c1-5-23-15-12-13(16(21)20(3)4)8-9-14(15)19-17(22)18(2)10-6-7-11-18/h8-9,12H,5-7,10-11H2,1-4H3,(H,19,22). The molecule has 0 saturated heterocycles. The van der Waals surface area contributed by atoms with Crippen LogP contribution in [0.3, 0.4) is 0 Å². The van der Waals surface area contributed by atoms with E-state index < -0.39 is 0 Å². The van der Waals surface area contributed by atoms with Gasteiger partial charge in [0.15, 0.2) is 0 Å². The van der Waals surface area contributed by atoms with Gasteiger partial charge in [0.05, 0.1) is 12.3 Å². The van der Waals surface area contributed by atoms with E-state index in [1.165, 1.54) is 4.90 Å². The molecule has 1 N–H and O–H groups in total. The molecule has 0 spiro atoms. The fraction of sp³-hybridized carbons (Fsp3) is 0.556. The third-order valence-electron chi connectivity index (χ3n) is 4.44. The van der Waals surface area contributed by atoms with E-state index >= 15 is 0 Å². The second kappa shape index (κ2) is 7.02. The molecule has 5 nitrogen and oxygen atoms in total. The van der Waals surface area contributed by atoms with Crippen LogP contribution in [0.25, 0.3) is 0 Å². The summed E-state index contributed by atoms with van der Waals surface area (Å²) in [6.45, 7) is 4.36. The third-order valence-corrected chi connectivity index (χ3v) is 4.44. The first kappa shape index (κ1) is 17.3. The lowest BCUT2D eigenvalue weighted by atomic mass is 9.88. The highest BCUT2D eigenvalue weighted by molar-refractivity contribution is 5.99. The highest BCUT2D eigenvalue weighted by Gasteiger charge is 2.36. The number of nitrogens with one attached hydrogen (secondary N) is 1. The van der Waals surface area contributed by atoms with Crippen LogP contribution in [0, 0.1) is 5.41 Å². The summed E-state index contributed by atoms with van der Waals surface area (Å²) in [4.78, 5) is 26.2. The van der Waals surface area contributed by atoms with E-state index in [9.17, 15) is 9.59 Å². The summed E-state index contributed by atoms with van der Waals surface area (Å²) >= 11 is 0. The van der Waals surface area contributed by atoms with Gasteiger partial charge in [-0.2, -0.15) is 0 Å². The Morgan fingerprint density at radius 1 is 1.26 bits per heavy atom. The summed E-state index contributed by atoms with van der Waals surface area (Å²) in [5.41, 5.74) is 0.866. The zero-order chi connectivity index (χ0) is 17.0. The maximum atomic E-state index is 12.6. The molecule has 1 fully saturated rings. The number of ether oxygens (including phenoxy) is 1. The van der Waals surface area contributed by atoms with Crippen LogP contribution in [0.4, 0.5) is 5.69 Å². The number of benzene rings is 1. The Bertz CT molecular complexity index is 590. The summed E-state index contributed by atoms with van der Waals surface area (Å²) in [5, 5.41) is 2.98. The normalized spacial score (nSPS) is 16.0. The first-order chi connectivity index (χ1) is 10.9. The predicted octanol–water partition coefficient (Wildman–Crippen LogP) is 3.31. The van der Waals surface area contributed by atoms with E-state index in [-0.39, 0.29) is 17.2 Å². The van der Waals surface area contributed by atoms with Crippen LogP contribution in [-0.4, -0.2) is 37.4 Å². The number of carbonyl (C=O) groups excluding carboxylic acids is 2. The average molecular weight is 318 g/mol. The monoisotopic (exact) mass is 318 g/mol. The van der Waals surface area contributed by atoms with E-state index in [0.717, 1.165) is 25.7 Å². The van der Waals surface area contributed by atoms with Crippen molar-refractivity contribution in [1.29, 1.82) is 0 Å². The molecule has 1 aliphatic carbocycles. The molecule has 0 radical (unpaired) electrons. The van der Waals surface area contributed by atoms with Crippen molar-refractivity contribution >= 4 is 17.5 Å². The summed E-state index contributed by atoms with van der Waals surface area (Å²) in [5.74, 6) is 0.476. The third kappa shape index (κ3) is 3.84. The molecule has 2 rings (SSSR count). The second-order valence-electron chi connectivity index (χ2n) is 6.57. The van der Waals surface area contributed by atoms with Crippen molar-refractivity contribution in [2.24, 2.45) is 5.41 Å². The second-order valence-corrected chi connectivity index (χ2v) is 6.57. The van der Waals surface area contributed by atoms with Crippen LogP contribution in [0.1, 0.15) is 49.9 Å². The number of hydrogen-bond acceptors (Lipinski definition) is 3. The molecule has 2 amide bonds. The Hall–Kier alpha value is -2.04. The molecular formula is C18H26N2O3. The van der Waals surface area contributed by atoms with Crippen LogP contribution in [-0.2, 0) is 4.79 Å². The van der Waals surface area contributed by atoms with Gasteiger partial charge in [-0.15, -0.1) is 0 Å². The zero-order valence-corrected chi connectivity index (χ0v) is 14.4. The van der Waals surface area contributed by atoms with Gasteiger partial charge >= 0.3 is 0 Å². The van der Waals surface area contributed by atoms with Gasteiger partial charge in [0, 0.05) is 25.1 Å². The number of rotatable bonds is 5. The highest BCUT2D eigenvalue weighted by Crippen LogP contribution is 2.39. The Labute approximate surface area is 138 Å². The maximum absolute atomic E-state index is 12.6. The van der Waals surface area contributed by atoms with Gasteiger partial charge in [-0.25, -0.2) is 0 Å². The Kier molecular flexibility index (Phi) is 5.29. The SMILES string of the molecule is CCOc1cc(C(=O)N(C)C)ccc1NC(=O)C1(C)CCCC1. The van der Waals surface area contributed by atoms with Gasteiger partial charge < -0.3 is 15.0 Å². The topological polar surface area (TPSA) is 58.6 Å². The quantitative estimate of drug-likeness (QED) is 0.906. The Balaban J connectivity index is 2.24. The van der Waals surface area contributed by atoms with Gasteiger partial charge in [0.25, 0.3) is 5.91 Å². The van der Waals surface area contributed by atoms with Crippen molar-refractivity contribution in [3.8, 4) is 5.75 Å². The van der Waals surface area contributed by atoms with Crippen LogP contribution >= 0.6 is 0 Å². The lowest BCUT2D eigenvalue weighted by Gasteiger charge is -2.23. The molecule has 23 heavy (non-hydrogen) atoms. The van der Waals surface area contributed by atoms with Gasteiger partial charge in [-0.3, -0.25) is 9.59 Å². The van der Waals surface area contributed by atoms with E-state index in [1.54, 1.807) is 32.3 Å². The van der Waals surface area contributed by atoms with Crippen LogP contribution in [0.5, 0.6) is 5.75 Å². The number of carbonyl (C=O) groups is 2. The smallest absolute Gasteiger partial charge is 0.253 e. The first-order valence-corrected chi connectivity index (χ1v) is 8.17. The van der Waals surface area contributed by atoms with Crippen LogP contribution < -0.4 is 10.1 Å². The molecule has 1 aliphatic rings. The summed E-state index contributed by atoms with van der Waals surface area (Å²) in [6, 6.07) is 5.16. The minimum absolute atomic E-state index is 0.0302. The highest BCUT2D eigenvalue weighted by atomic mass is 16.5. The van der Waals surface area contributed by atoms with Gasteiger partial charge in [0.2, 0.25) is 5.91 Å². The predicted molar refractivity (Wildman–Crippen MR) is 90.8 cm³/mol. The minimum atomic E-state index is -0.304. The minimum Gasteiger partial charge on any atom is -0.492 e. The molecule has 126 valence electrons. The number of anilines is 1. The molecule has 0 heterocycles. The maximum Gasteiger partial charge on any atom is 0.253 e. The Morgan fingerprint density at radius 2 is 1.91 bits per heavy atom. The number of hydrogen-bond donors (Lipinski definition) is 1. The summed E-state index contributed by atoms with van der Waals surface area (Å²) in [7, 11) is 3.42. The molecule has 0 atom stereocenters. The lowest BCUT2D eigenvalue weighted by molar-refractivity contribution is -0.124. The van der Waals surface area contributed by atoms with Crippen molar-refractivity contribution in [3.05, 3.63) is 23.8 Å². The van der Waals surface area contributed by atoms with Crippen molar-refractivity contribution < 1.29 is 14.3 Å². The molecule has 1 aromatic rings. The van der Waals surface area contributed by atoms with E-state index in [0.29, 0.717) is 23.6 Å². The van der Waals surface area contributed by atoms with Crippen molar-refractivity contribution in [2.45, 2.75) is 39.5 Å². The summed E-state index contributed by atoms with van der Waals surface area (Å²) < 4.78 is 5.62. The number of nitrogens with zero attached hydrogens (tertiary/aromatic N) is 1. The lowest BCUT2D eigenvalue weighted by Crippen LogP contribution is -2.31. The average Bonchev–Trinajstić information content (AvgIpc) is 2.96. The van der Waals surface area contributed by atoms with E-state index in [2.05, 4.69) is 5.32 Å². The molecule has 1 saturated carbocycles. The van der Waals surface area contributed by atoms with Gasteiger partial charge in [-0.05, 0) is 38.0 Å². The van der Waals surface area contributed by atoms with Crippen molar-refractivity contribution in [3.63, 3.8) is 0 Å². The fourth-order valence-corrected chi connectivity index (χ4v) is 2.95. The van der Waals surface area contributed by atoms with Crippen molar-refractivity contribution in [2.75, 3.05) is 26.0 Å². The van der Waals surface area contributed by atoms with E-state index in [1.807, 2.05) is 13.8 Å². The summed E-state index contributed by atoms with van der Waals surface area (Å²) in [6.07, 6.45) is 4.02. The molecule has 5 heteroatoms.